The third-order valence-electron chi connectivity index (χ3n) is 4.30. The first-order chi connectivity index (χ1) is 12.7. The standard InChI is InChI=1S/C19H23FN4O2/c20-16-12-22-18(23-13-16)26-17-9-5-11-24(14-17)19(25)21-10-4-8-15-6-2-1-3-7-15/h1-3,6-7,12-13,17H,4-5,8-11,14H2,(H,21,25). The molecule has 1 atom stereocenters. The van der Waals surface area contributed by atoms with Gasteiger partial charge in [0.05, 0.1) is 18.9 Å². The summed E-state index contributed by atoms with van der Waals surface area (Å²) in [5, 5.41) is 2.97. The minimum Gasteiger partial charge on any atom is -0.458 e. The number of nitrogens with zero attached hydrogens (tertiary/aromatic N) is 3. The van der Waals surface area contributed by atoms with Crippen molar-refractivity contribution in [3.8, 4) is 6.01 Å². The second-order valence-corrected chi connectivity index (χ2v) is 6.33. The number of aromatic nitrogens is 2. The number of hydrogen-bond acceptors (Lipinski definition) is 4. The van der Waals surface area contributed by atoms with Gasteiger partial charge in [-0.2, -0.15) is 0 Å². The van der Waals surface area contributed by atoms with Crippen LogP contribution in [-0.2, 0) is 6.42 Å². The van der Waals surface area contributed by atoms with Gasteiger partial charge in [-0.15, -0.1) is 0 Å². The maximum atomic E-state index is 12.8. The molecule has 2 aromatic rings. The van der Waals surface area contributed by atoms with Crippen LogP contribution in [0.2, 0.25) is 0 Å². The van der Waals surface area contributed by atoms with E-state index in [2.05, 4.69) is 27.4 Å². The van der Waals surface area contributed by atoms with Crippen molar-refractivity contribution in [3.05, 3.63) is 54.1 Å². The van der Waals surface area contributed by atoms with Crippen LogP contribution in [0.15, 0.2) is 42.7 Å². The van der Waals surface area contributed by atoms with E-state index in [4.69, 9.17) is 4.74 Å². The molecule has 1 N–H and O–H groups in total. The van der Waals surface area contributed by atoms with Crippen LogP contribution in [-0.4, -0.2) is 46.6 Å². The van der Waals surface area contributed by atoms with Crippen LogP contribution in [0.25, 0.3) is 0 Å². The molecule has 1 aromatic heterocycles. The van der Waals surface area contributed by atoms with Gasteiger partial charge in [-0.1, -0.05) is 30.3 Å². The minimum atomic E-state index is -0.502. The minimum absolute atomic E-state index is 0.0774. The number of ether oxygens (including phenoxy) is 1. The SMILES string of the molecule is O=C(NCCCc1ccccc1)N1CCCC(Oc2ncc(F)cn2)C1. The summed E-state index contributed by atoms with van der Waals surface area (Å²) in [6.07, 6.45) is 5.47. The molecule has 7 heteroatoms. The first-order valence-electron chi connectivity index (χ1n) is 8.91. The fraction of sp³-hybridized carbons (Fsp3) is 0.421. The van der Waals surface area contributed by atoms with E-state index in [0.717, 1.165) is 38.1 Å². The lowest BCUT2D eigenvalue weighted by atomic mass is 10.1. The Kier molecular flexibility index (Phi) is 6.35. The molecule has 1 aliphatic rings. The van der Waals surface area contributed by atoms with Gasteiger partial charge in [0.25, 0.3) is 0 Å². The molecule has 26 heavy (non-hydrogen) atoms. The van der Waals surface area contributed by atoms with Gasteiger partial charge in [-0.25, -0.2) is 19.2 Å². The molecule has 0 aliphatic carbocycles. The Morgan fingerprint density at radius 2 is 2.04 bits per heavy atom. The van der Waals surface area contributed by atoms with Crippen molar-refractivity contribution < 1.29 is 13.9 Å². The molecular formula is C19H23FN4O2. The van der Waals surface area contributed by atoms with Crippen LogP contribution < -0.4 is 10.1 Å². The molecule has 0 radical (unpaired) electrons. The van der Waals surface area contributed by atoms with E-state index in [9.17, 15) is 9.18 Å². The Morgan fingerprint density at radius 3 is 2.81 bits per heavy atom. The number of amides is 2. The third-order valence-corrected chi connectivity index (χ3v) is 4.30. The van der Waals surface area contributed by atoms with Crippen molar-refractivity contribution >= 4 is 6.03 Å². The van der Waals surface area contributed by atoms with Gasteiger partial charge in [-0.05, 0) is 31.2 Å². The average Bonchev–Trinajstić information content (AvgIpc) is 2.68. The topological polar surface area (TPSA) is 67.4 Å². The number of carbonyl (C=O) groups is 1. The highest BCUT2D eigenvalue weighted by Gasteiger charge is 2.25. The molecule has 1 aromatic carbocycles. The normalized spacial score (nSPS) is 17.0. The highest BCUT2D eigenvalue weighted by atomic mass is 19.1. The fourth-order valence-corrected chi connectivity index (χ4v) is 2.97. The van der Waals surface area contributed by atoms with Crippen molar-refractivity contribution in [3.63, 3.8) is 0 Å². The summed E-state index contributed by atoms with van der Waals surface area (Å²) in [4.78, 5) is 21.7. The number of benzene rings is 1. The average molecular weight is 358 g/mol. The molecule has 6 nitrogen and oxygen atoms in total. The van der Waals surface area contributed by atoms with Gasteiger partial charge in [0.2, 0.25) is 0 Å². The van der Waals surface area contributed by atoms with Crippen molar-refractivity contribution in [2.24, 2.45) is 0 Å². The largest absolute Gasteiger partial charge is 0.458 e. The zero-order chi connectivity index (χ0) is 18.2. The van der Waals surface area contributed by atoms with E-state index in [-0.39, 0.29) is 18.1 Å². The Hall–Kier alpha value is -2.70. The maximum Gasteiger partial charge on any atom is 0.317 e. The molecule has 138 valence electrons. The second-order valence-electron chi connectivity index (χ2n) is 6.33. The summed E-state index contributed by atoms with van der Waals surface area (Å²) in [5.41, 5.74) is 1.27. The van der Waals surface area contributed by atoms with Crippen LogP contribution in [0.1, 0.15) is 24.8 Å². The lowest BCUT2D eigenvalue weighted by Crippen LogP contribution is -2.48. The van der Waals surface area contributed by atoms with Crippen LogP contribution >= 0.6 is 0 Å². The number of aryl methyl sites for hydroxylation is 1. The number of halogens is 1. The van der Waals surface area contributed by atoms with Gasteiger partial charge < -0.3 is 15.0 Å². The molecule has 0 saturated carbocycles. The van der Waals surface area contributed by atoms with Gasteiger partial charge in [-0.3, -0.25) is 0 Å². The number of piperidine rings is 1. The lowest BCUT2D eigenvalue weighted by molar-refractivity contribution is 0.0937. The molecule has 2 heterocycles. The van der Waals surface area contributed by atoms with E-state index >= 15 is 0 Å². The Morgan fingerprint density at radius 1 is 1.27 bits per heavy atom. The smallest absolute Gasteiger partial charge is 0.317 e. The summed E-state index contributed by atoms with van der Waals surface area (Å²) in [5.74, 6) is -0.502. The van der Waals surface area contributed by atoms with Gasteiger partial charge in [0, 0.05) is 13.1 Å². The number of rotatable bonds is 6. The van der Waals surface area contributed by atoms with E-state index in [1.807, 2.05) is 18.2 Å². The summed E-state index contributed by atoms with van der Waals surface area (Å²) in [6.45, 7) is 1.82. The van der Waals surface area contributed by atoms with E-state index < -0.39 is 5.82 Å². The van der Waals surface area contributed by atoms with Crippen LogP contribution in [0.5, 0.6) is 6.01 Å². The quantitative estimate of drug-likeness (QED) is 0.807. The van der Waals surface area contributed by atoms with Gasteiger partial charge in [0.1, 0.15) is 6.10 Å². The van der Waals surface area contributed by atoms with Crippen molar-refractivity contribution in [1.29, 1.82) is 0 Å². The summed E-state index contributed by atoms with van der Waals surface area (Å²) >= 11 is 0. The predicted molar refractivity (Wildman–Crippen MR) is 95.4 cm³/mol. The molecule has 1 aliphatic heterocycles. The summed E-state index contributed by atoms with van der Waals surface area (Å²) < 4.78 is 18.5. The van der Waals surface area contributed by atoms with Gasteiger partial charge in [0.15, 0.2) is 5.82 Å². The fourth-order valence-electron chi connectivity index (χ4n) is 2.97. The highest BCUT2D eigenvalue weighted by Crippen LogP contribution is 2.15. The highest BCUT2D eigenvalue weighted by molar-refractivity contribution is 5.74. The van der Waals surface area contributed by atoms with Crippen LogP contribution in [0, 0.1) is 5.82 Å². The van der Waals surface area contributed by atoms with E-state index in [1.165, 1.54) is 5.56 Å². The summed E-state index contributed by atoms with van der Waals surface area (Å²) in [6, 6.07) is 10.3. The molecule has 3 rings (SSSR count). The van der Waals surface area contributed by atoms with Crippen LogP contribution in [0.4, 0.5) is 9.18 Å². The number of nitrogens with one attached hydrogen (secondary N) is 1. The predicted octanol–water partition coefficient (Wildman–Crippen LogP) is 2.80. The lowest BCUT2D eigenvalue weighted by Gasteiger charge is -2.32. The van der Waals surface area contributed by atoms with Crippen molar-refractivity contribution in [2.75, 3.05) is 19.6 Å². The Balaban J connectivity index is 1.40. The molecular weight excluding hydrogens is 335 g/mol. The van der Waals surface area contributed by atoms with Crippen molar-refractivity contribution in [2.45, 2.75) is 31.8 Å². The zero-order valence-electron chi connectivity index (χ0n) is 14.6. The van der Waals surface area contributed by atoms with Gasteiger partial charge >= 0.3 is 12.0 Å². The monoisotopic (exact) mass is 358 g/mol. The molecule has 1 unspecified atom stereocenters. The number of likely N-dealkylation sites (tertiary alicyclic amines) is 1. The second kappa shape index (κ2) is 9.12. The number of urea groups is 1. The third kappa shape index (κ3) is 5.40. The Bertz CT molecular complexity index is 696. The summed E-state index contributed by atoms with van der Waals surface area (Å²) in [7, 11) is 0. The molecule has 2 amide bonds. The molecule has 1 fully saturated rings. The molecule has 1 saturated heterocycles. The Labute approximate surface area is 152 Å². The first kappa shape index (κ1) is 18.1. The first-order valence-corrected chi connectivity index (χ1v) is 8.91. The maximum absolute atomic E-state index is 12.8. The van der Waals surface area contributed by atoms with Crippen molar-refractivity contribution in [1.82, 2.24) is 20.2 Å². The molecule has 0 spiro atoms. The van der Waals surface area contributed by atoms with E-state index in [1.54, 1.807) is 4.90 Å². The van der Waals surface area contributed by atoms with Crippen LogP contribution in [0.3, 0.4) is 0 Å². The molecule has 0 bridgehead atoms. The number of carbonyl (C=O) groups excluding carboxylic acids is 1. The van der Waals surface area contributed by atoms with E-state index in [0.29, 0.717) is 19.6 Å². The number of hydrogen-bond donors (Lipinski definition) is 1. The zero-order valence-corrected chi connectivity index (χ0v) is 14.6.